The molecule has 0 aliphatic rings. The fraction of sp³-hybridized carbons (Fsp3) is 0. The molecule has 0 spiro atoms. The summed E-state index contributed by atoms with van der Waals surface area (Å²) in [6.07, 6.45) is 0. The number of nitrogens with one attached hydrogen (secondary N) is 1. The van der Waals surface area contributed by atoms with E-state index in [1.54, 1.807) is 11.3 Å². The van der Waals surface area contributed by atoms with Gasteiger partial charge in [-0.15, -0.1) is 11.3 Å². The smallest absolute Gasteiger partial charge is 0.256 e. The third-order valence-corrected chi connectivity index (χ3v) is 5.96. The number of nitrogens with zero attached hydrogens (tertiary/aromatic N) is 1. The third kappa shape index (κ3) is 3.45. The first-order valence-electron chi connectivity index (χ1n) is 7.82. The van der Waals surface area contributed by atoms with Crippen molar-refractivity contribution in [1.82, 2.24) is 4.98 Å². The number of carbonyl (C=O) groups is 1. The highest BCUT2D eigenvalue weighted by Crippen LogP contribution is 2.30. The number of halogens is 2. The zero-order valence-electron chi connectivity index (χ0n) is 13.4. The summed E-state index contributed by atoms with van der Waals surface area (Å²) in [4.78, 5) is 18.8. The molecule has 128 valence electrons. The number of aromatic nitrogens is 1. The van der Waals surface area contributed by atoms with Crippen LogP contribution in [0.1, 0.15) is 10.4 Å². The molecule has 4 aromatic rings. The van der Waals surface area contributed by atoms with E-state index in [1.807, 2.05) is 66.0 Å². The Morgan fingerprint density at radius 2 is 1.85 bits per heavy atom. The minimum absolute atomic E-state index is 0.163. The predicted molar refractivity (Wildman–Crippen MR) is 115 cm³/mol. The SMILES string of the molecule is O=C(Nc1ccc(Br)cc1Br)c1cc(-c2cccs2)nc2ccccc12. The summed E-state index contributed by atoms with van der Waals surface area (Å²) in [5.74, 6) is -0.163. The number of rotatable bonds is 3. The Hall–Kier alpha value is -2.02. The largest absolute Gasteiger partial charge is 0.321 e. The van der Waals surface area contributed by atoms with Gasteiger partial charge in [-0.3, -0.25) is 4.79 Å². The molecule has 26 heavy (non-hydrogen) atoms. The maximum absolute atomic E-state index is 13.0. The summed E-state index contributed by atoms with van der Waals surface area (Å²) in [5, 5.41) is 5.82. The average Bonchev–Trinajstić information content (AvgIpc) is 3.18. The van der Waals surface area contributed by atoms with E-state index in [4.69, 9.17) is 4.98 Å². The summed E-state index contributed by atoms with van der Waals surface area (Å²) in [7, 11) is 0. The Balaban J connectivity index is 1.80. The minimum Gasteiger partial charge on any atom is -0.321 e. The van der Waals surface area contributed by atoms with Gasteiger partial charge in [-0.1, -0.05) is 40.2 Å². The van der Waals surface area contributed by atoms with Gasteiger partial charge in [0.15, 0.2) is 0 Å². The van der Waals surface area contributed by atoms with E-state index in [2.05, 4.69) is 37.2 Å². The van der Waals surface area contributed by atoms with Gasteiger partial charge in [-0.2, -0.15) is 0 Å². The van der Waals surface area contributed by atoms with Crippen molar-refractivity contribution < 1.29 is 4.79 Å². The van der Waals surface area contributed by atoms with Crippen LogP contribution in [-0.2, 0) is 0 Å². The van der Waals surface area contributed by atoms with Crippen LogP contribution in [-0.4, -0.2) is 10.9 Å². The van der Waals surface area contributed by atoms with Crippen molar-refractivity contribution in [2.45, 2.75) is 0 Å². The Kier molecular flexibility index (Phi) is 4.89. The second kappa shape index (κ2) is 7.31. The van der Waals surface area contributed by atoms with E-state index in [0.717, 1.165) is 36.1 Å². The number of hydrogen-bond donors (Lipinski definition) is 1. The Morgan fingerprint density at radius 1 is 1.00 bits per heavy atom. The average molecular weight is 488 g/mol. The molecular weight excluding hydrogens is 476 g/mol. The molecule has 2 heterocycles. The molecule has 0 bridgehead atoms. The molecule has 0 saturated heterocycles. The molecule has 0 atom stereocenters. The van der Waals surface area contributed by atoms with Gasteiger partial charge < -0.3 is 5.32 Å². The predicted octanol–water partition coefficient (Wildman–Crippen LogP) is 6.74. The zero-order chi connectivity index (χ0) is 18.1. The number of benzene rings is 2. The lowest BCUT2D eigenvalue weighted by atomic mass is 10.1. The Morgan fingerprint density at radius 3 is 2.62 bits per heavy atom. The third-order valence-electron chi connectivity index (χ3n) is 3.91. The van der Waals surface area contributed by atoms with Crippen molar-refractivity contribution in [3.63, 3.8) is 0 Å². The summed E-state index contributed by atoms with van der Waals surface area (Å²) >= 11 is 8.52. The lowest BCUT2D eigenvalue weighted by Crippen LogP contribution is -2.13. The molecule has 6 heteroatoms. The highest BCUT2D eigenvalue weighted by Gasteiger charge is 2.15. The number of para-hydroxylation sites is 1. The van der Waals surface area contributed by atoms with Gasteiger partial charge in [-0.25, -0.2) is 4.98 Å². The summed E-state index contributed by atoms with van der Waals surface area (Å²) in [6.45, 7) is 0. The van der Waals surface area contributed by atoms with Gasteiger partial charge in [-0.05, 0) is 57.7 Å². The quantitative estimate of drug-likeness (QED) is 0.347. The van der Waals surface area contributed by atoms with E-state index in [-0.39, 0.29) is 5.91 Å². The summed E-state index contributed by atoms with van der Waals surface area (Å²) in [6, 6.07) is 19.2. The highest BCUT2D eigenvalue weighted by atomic mass is 79.9. The molecule has 1 amide bonds. The van der Waals surface area contributed by atoms with Crippen molar-refractivity contribution in [3.8, 4) is 10.6 Å². The number of carbonyl (C=O) groups excluding carboxylic acids is 1. The number of fused-ring (bicyclic) bond motifs is 1. The van der Waals surface area contributed by atoms with Crippen LogP contribution in [0.15, 0.2) is 75.0 Å². The molecule has 0 saturated carbocycles. The van der Waals surface area contributed by atoms with Crippen molar-refractivity contribution in [2.24, 2.45) is 0 Å². The van der Waals surface area contributed by atoms with Crippen molar-refractivity contribution in [1.29, 1.82) is 0 Å². The molecular formula is C20H12Br2N2OS. The molecule has 0 aliphatic carbocycles. The van der Waals surface area contributed by atoms with Crippen molar-refractivity contribution >= 4 is 65.7 Å². The lowest BCUT2D eigenvalue weighted by Gasteiger charge is -2.11. The van der Waals surface area contributed by atoms with Gasteiger partial charge in [0.05, 0.1) is 27.3 Å². The van der Waals surface area contributed by atoms with Crippen LogP contribution in [0.2, 0.25) is 0 Å². The fourth-order valence-corrected chi connectivity index (χ4v) is 4.53. The van der Waals surface area contributed by atoms with Crippen LogP contribution in [0.4, 0.5) is 5.69 Å². The molecule has 0 fully saturated rings. The molecule has 0 aliphatic heterocycles. The molecule has 2 aromatic heterocycles. The van der Waals surface area contributed by atoms with Gasteiger partial charge in [0, 0.05) is 14.3 Å². The number of thiophene rings is 1. The number of anilines is 1. The van der Waals surface area contributed by atoms with Crippen LogP contribution in [0.3, 0.4) is 0 Å². The fourth-order valence-electron chi connectivity index (χ4n) is 2.69. The number of pyridine rings is 1. The monoisotopic (exact) mass is 486 g/mol. The van der Waals surface area contributed by atoms with Crippen molar-refractivity contribution in [3.05, 3.63) is 80.6 Å². The lowest BCUT2D eigenvalue weighted by molar-refractivity contribution is 0.102. The van der Waals surface area contributed by atoms with Crippen LogP contribution in [0.25, 0.3) is 21.5 Å². The topological polar surface area (TPSA) is 42.0 Å². The first-order chi connectivity index (χ1) is 12.6. The van der Waals surface area contributed by atoms with Gasteiger partial charge >= 0.3 is 0 Å². The van der Waals surface area contributed by atoms with Gasteiger partial charge in [0.25, 0.3) is 5.91 Å². The first kappa shape index (κ1) is 17.4. The molecule has 1 N–H and O–H groups in total. The van der Waals surface area contributed by atoms with Crippen LogP contribution in [0.5, 0.6) is 0 Å². The molecule has 0 unspecified atom stereocenters. The second-order valence-electron chi connectivity index (χ2n) is 5.63. The van der Waals surface area contributed by atoms with E-state index < -0.39 is 0 Å². The summed E-state index contributed by atoms with van der Waals surface area (Å²) < 4.78 is 1.76. The molecule has 4 rings (SSSR count). The van der Waals surface area contributed by atoms with Crippen LogP contribution >= 0.6 is 43.2 Å². The first-order valence-corrected chi connectivity index (χ1v) is 10.3. The van der Waals surface area contributed by atoms with E-state index in [0.29, 0.717) is 5.56 Å². The van der Waals surface area contributed by atoms with Crippen LogP contribution < -0.4 is 5.32 Å². The van der Waals surface area contributed by atoms with Crippen molar-refractivity contribution in [2.75, 3.05) is 5.32 Å². The maximum Gasteiger partial charge on any atom is 0.256 e. The molecule has 0 radical (unpaired) electrons. The van der Waals surface area contributed by atoms with Gasteiger partial charge in [0.2, 0.25) is 0 Å². The summed E-state index contributed by atoms with van der Waals surface area (Å²) in [5.41, 5.74) is 2.93. The minimum atomic E-state index is -0.163. The van der Waals surface area contributed by atoms with E-state index in [9.17, 15) is 4.79 Å². The number of hydrogen-bond acceptors (Lipinski definition) is 3. The van der Waals surface area contributed by atoms with Gasteiger partial charge in [0.1, 0.15) is 0 Å². The second-order valence-corrected chi connectivity index (χ2v) is 8.35. The van der Waals surface area contributed by atoms with Crippen LogP contribution in [0, 0.1) is 0 Å². The standard InChI is InChI=1S/C20H12Br2N2OS/c21-12-7-8-17(15(22)10-12)24-20(25)14-11-18(19-6-3-9-26-19)23-16-5-2-1-4-13(14)16/h1-11H,(H,24,25). The molecule has 2 aromatic carbocycles. The zero-order valence-corrected chi connectivity index (χ0v) is 17.4. The Bertz CT molecular complexity index is 1110. The molecule has 3 nitrogen and oxygen atoms in total. The van der Waals surface area contributed by atoms with E-state index >= 15 is 0 Å². The number of amides is 1. The highest BCUT2D eigenvalue weighted by molar-refractivity contribution is 9.11. The normalized spacial score (nSPS) is 10.8. The van der Waals surface area contributed by atoms with E-state index in [1.165, 1.54) is 0 Å². The maximum atomic E-state index is 13.0. The Labute approximate surface area is 171 Å².